The Hall–Kier alpha value is -1.38. The monoisotopic (exact) mass is 246 g/mol. The molecule has 1 heterocycles. The molecule has 96 valence electrons. The Labute approximate surface area is 107 Å². The normalized spacial score (nSPS) is 39.6. The van der Waals surface area contributed by atoms with E-state index in [1.807, 2.05) is 0 Å². The lowest BCUT2D eigenvalue weighted by Crippen LogP contribution is -2.19. The van der Waals surface area contributed by atoms with Crippen LogP contribution < -0.4 is 0 Å². The highest BCUT2D eigenvalue weighted by Gasteiger charge is 2.45. The molecule has 0 aromatic carbocycles. The van der Waals surface area contributed by atoms with Crippen LogP contribution in [0, 0.1) is 17.8 Å². The SMILES string of the molecule is C=C1C(=O)O[C@H]2C[C@H](C)C3=C(C[C@H]12)[C@@H](C)CC3=O. The molecule has 1 aliphatic heterocycles. The van der Waals surface area contributed by atoms with Crippen LogP contribution in [0.3, 0.4) is 0 Å². The molecule has 0 radical (unpaired) electrons. The van der Waals surface area contributed by atoms with Crippen LogP contribution in [0.25, 0.3) is 0 Å². The molecule has 0 N–H and O–H groups in total. The number of esters is 1. The Bertz CT molecular complexity index is 486. The topological polar surface area (TPSA) is 43.4 Å². The van der Waals surface area contributed by atoms with Gasteiger partial charge in [0.2, 0.25) is 0 Å². The van der Waals surface area contributed by atoms with E-state index in [0.29, 0.717) is 23.7 Å². The van der Waals surface area contributed by atoms with Gasteiger partial charge in [-0.05, 0) is 30.3 Å². The highest BCUT2D eigenvalue weighted by Crippen LogP contribution is 2.46. The molecule has 0 spiro atoms. The first-order chi connectivity index (χ1) is 8.49. The van der Waals surface area contributed by atoms with Gasteiger partial charge >= 0.3 is 5.97 Å². The molecule has 0 amide bonds. The smallest absolute Gasteiger partial charge is 0.334 e. The molecule has 2 aliphatic carbocycles. The van der Waals surface area contributed by atoms with E-state index in [4.69, 9.17) is 4.74 Å². The van der Waals surface area contributed by atoms with E-state index < -0.39 is 0 Å². The highest BCUT2D eigenvalue weighted by molar-refractivity contribution is 6.00. The number of hydrogen-bond donors (Lipinski definition) is 0. The molecule has 4 atom stereocenters. The van der Waals surface area contributed by atoms with Crippen molar-refractivity contribution in [3.8, 4) is 0 Å². The maximum atomic E-state index is 12.1. The number of allylic oxidation sites excluding steroid dienone is 2. The number of Topliss-reactive ketones (excluding diaryl/α,β-unsaturated/α-hetero) is 1. The molecule has 3 heteroatoms. The summed E-state index contributed by atoms with van der Waals surface area (Å²) in [6.45, 7) is 8.04. The number of hydrogen-bond acceptors (Lipinski definition) is 3. The fourth-order valence-electron chi connectivity index (χ4n) is 3.70. The van der Waals surface area contributed by atoms with Crippen molar-refractivity contribution in [2.75, 3.05) is 0 Å². The van der Waals surface area contributed by atoms with Gasteiger partial charge in [0.25, 0.3) is 0 Å². The van der Waals surface area contributed by atoms with Crippen LogP contribution in [-0.4, -0.2) is 17.9 Å². The summed E-state index contributed by atoms with van der Waals surface area (Å²) in [6.07, 6.45) is 2.09. The van der Waals surface area contributed by atoms with Crippen molar-refractivity contribution in [3.63, 3.8) is 0 Å². The fourth-order valence-corrected chi connectivity index (χ4v) is 3.70. The summed E-state index contributed by atoms with van der Waals surface area (Å²) in [5, 5.41) is 0. The van der Waals surface area contributed by atoms with Crippen LogP contribution in [0.15, 0.2) is 23.3 Å². The minimum absolute atomic E-state index is 0.0781. The largest absolute Gasteiger partial charge is 0.458 e. The second-order valence-corrected chi connectivity index (χ2v) is 5.88. The van der Waals surface area contributed by atoms with Crippen molar-refractivity contribution >= 4 is 11.8 Å². The van der Waals surface area contributed by atoms with E-state index in [9.17, 15) is 9.59 Å². The van der Waals surface area contributed by atoms with E-state index in [2.05, 4.69) is 20.4 Å². The molecule has 0 aromatic heterocycles. The van der Waals surface area contributed by atoms with E-state index in [-0.39, 0.29) is 23.9 Å². The summed E-state index contributed by atoms with van der Waals surface area (Å²) in [7, 11) is 0. The lowest BCUT2D eigenvalue weighted by atomic mass is 9.87. The number of rotatable bonds is 0. The summed E-state index contributed by atoms with van der Waals surface area (Å²) >= 11 is 0. The first-order valence-electron chi connectivity index (χ1n) is 6.65. The lowest BCUT2D eigenvalue weighted by molar-refractivity contribution is -0.139. The molecular formula is C15H18O3. The van der Waals surface area contributed by atoms with Gasteiger partial charge in [0, 0.05) is 17.9 Å². The lowest BCUT2D eigenvalue weighted by Gasteiger charge is -2.18. The summed E-state index contributed by atoms with van der Waals surface area (Å²) in [5.41, 5.74) is 2.85. The van der Waals surface area contributed by atoms with Crippen molar-refractivity contribution < 1.29 is 14.3 Å². The van der Waals surface area contributed by atoms with Crippen LogP contribution in [0.4, 0.5) is 0 Å². The van der Waals surface area contributed by atoms with Gasteiger partial charge < -0.3 is 4.74 Å². The summed E-state index contributed by atoms with van der Waals surface area (Å²) in [5.74, 6) is 0.643. The van der Waals surface area contributed by atoms with Gasteiger partial charge in [-0.3, -0.25) is 4.79 Å². The van der Waals surface area contributed by atoms with Crippen LogP contribution >= 0.6 is 0 Å². The second-order valence-electron chi connectivity index (χ2n) is 5.88. The maximum absolute atomic E-state index is 12.1. The Morgan fingerprint density at radius 1 is 1.17 bits per heavy atom. The standard InChI is InChI=1S/C15H18O3/c1-7-4-12(16)14-8(2)5-13-11(6-10(7)14)9(3)15(17)18-13/h7-8,11,13H,3-6H2,1-2H3/t7-,8-,11+,13-/m0/s1. The number of ketones is 1. The number of carbonyl (C=O) groups excluding carboxylic acids is 2. The first-order valence-corrected chi connectivity index (χ1v) is 6.65. The molecule has 3 aliphatic rings. The molecule has 0 bridgehead atoms. The van der Waals surface area contributed by atoms with Crippen molar-refractivity contribution in [3.05, 3.63) is 23.3 Å². The van der Waals surface area contributed by atoms with Crippen LogP contribution in [0.2, 0.25) is 0 Å². The predicted molar refractivity (Wildman–Crippen MR) is 66.7 cm³/mol. The molecule has 3 nitrogen and oxygen atoms in total. The van der Waals surface area contributed by atoms with Gasteiger partial charge in [0.05, 0.1) is 0 Å². The third kappa shape index (κ3) is 1.49. The molecule has 1 saturated heterocycles. The van der Waals surface area contributed by atoms with Gasteiger partial charge in [-0.25, -0.2) is 4.79 Å². The van der Waals surface area contributed by atoms with E-state index in [0.717, 1.165) is 18.4 Å². The van der Waals surface area contributed by atoms with Gasteiger partial charge in [-0.15, -0.1) is 0 Å². The van der Waals surface area contributed by atoms with Crippen molar-refractivity contribution in [2.24, 2.45) is 17.8 Å². The molecule has 0 unspecified atom stereocenters. The average molecular weight is 246 g/mol. The van der Waals surface area contributed by atoms with Crippen molar-refractivity contribution in [1.82, 2.24) is 0 Å². The van der Waals surface area contributed by atoms with Crippen molar-refractivity contribution in [1.29, 1.82) is 0 Å². The number of ether oxygens (including phenoxy) is 1. The van der Waals surface area contributed by atoms with Crippen molar-refractivity contribution in [2.45, 2.75) is 39.2 Å². The molecule has 0 aromatic rings. The number of fused-ring (bicyclic) bond motifs is 1. The minimum Gasteiger partial charge on any atom is -0.458 e. The zero-order valence-electron chi connectivity index (χ0n) is 10.9. The van der Waals surface area contributed by atoms with Crippen LogP contribution in [0.5, 0.6) is 0 Å². The van der Waals surface area contributed by atoms with Crippen LogP contribution in [-0.2, 0) is 14.3 Å². The molecule has 18 heavy (non-hydrogen) atoms. The summed E-state index contributed by atoms with van der Waals surface area (Å²) in [4.78, 5) is 23.7. The van der Waals surface area contributed by atoms with Gasteiger partial charge in [0.15, 0.2) is 5.78 Å². The molecular weight excluding hydrogens is 228 g/mol. The quantitative estimate of drug-likeness (QED) is 0.487. The Morgan fingerprint density at radius 3 is 2.61 bits per heavy atom. The van der Waals surface area contributed by atoms with E-state index >= 15 is 0 Å². The highest BCUT2D eigenvalue weighted by atomic mass is 16.6. The molecule has 0 saturated carbocycles. The van der Waals surface area contributed by atoms with Gasteiger partial charge in [0.1, 0.15) is 6.10 Å². The zero-order chi connectivity index (χ0) is 13.0. The van der Waals surface area contributed by atoms with Gasteiger partial charge in [-0.2, -0.15) is 0 Å². The Balaban J connectivity index is 2.00. The Morgan fingerprint density at radius 2 is 1.89 bits per heavy atom. The average Bonchev–Trinajstić information content (AvgIpc) is 2.65. The van der Waals surface area contributed by atoms with Crippen LogP contribution in [0.1, 0.15) is 33.1 Å². The molecule has 1 fully saturated rings. The van der Waals surface area contributed by atoms with E-state index in [1.54, 1.807) is 0 Å². The third-order valence-electron chi connectivity index (χ3n) is 4.67. The predicted octanol–water partition coefficient (Wildman–Crippen LogP) is 2.42. The fraction of sp³-hybridized carbons (Fsp3) is 0.600. The molecule has 3 rings (SSSR count). The summed E-state index contributed by atoms with van der Waals surface area (Å²) in [6, 6.07) is 0. The maximum Gasteiger partial charge on any atom is 0.334 e. The third-order valence-corrected chi connectivity index (χ3v) is 4.67. The van der Waals surface area contributed by atoms with Gasteiger partial charge in [-0.1, -0.05) is 26.0 Å². The minimum atomic E-state index is -0.252. The Kier molecular flexibility index (Phi) is 2.47. The number of carbonyl (C=O) groups is 2. The first kappa shape index (κ1) is 11.7. The van der Waals surface area contributed by atoms with E-state index in [1.165, 1.54) is 5.57 Å². The zero-order valence-corrected chi connectivity index (χ0v) is 10.9. The summed E-state index contributed by atoms with van der Waals surface area (Å²) < 4.78 is 5.39. The second kappa shape index (κ2) is 3.81.